The van der Waals surface area contributed by atoms with E-state index < -0.39 is 21.7 Å². The number of hydrogen-bond donors (Lipinski definition) is 1. The van der Waals surface area contributed by atoms with Gasteiger partial charge in [0.2, 0.25) is 9.84 Å². The number of benzene rings is 2. The Hall–Kier alpha value is -3.24. The Kier molecular flexibility index (Phi) is 6.48. The summed E-state index contributed by atoms with van der Waals surface area (Å²) in [5.41, 5.74) is 1.61. The smallest absolute Gasteiger partial charge is 0.331 e. The molecule has 0 aliphatic carbocycles. The van der Waals surface area contributed by atoms with E-state index in [1.165, 1.54) is 25.5 Å². The number of amidine groups is 1. The quantitative estimate of drug-likeness (QED) is 0.329. The van der Waals surface area contributed by atoms with E-state index in [4.69, 9.17) is 0 Å². The van der Waals surface area contributed by atoms with Gasteiger partial charge in [-0.05, 0) is 48.5 Å². The maximum atomic E-state index is 12.7. The van der Waals surface area contributed by atoms with Crippen molar-refractivity contribution in [2.24, 2.45) is 10.2 Å². The van der Waals surface area contributed by atoms with Crippen LogP contribution in [0.1, 0.15) is 11.1 Å². The third-order valence-electron chi connectivity index (χ3n) is 3.98. The fraction of sp³-hybridized carbons (Fsp3) is 0.100. The van der Waals surface area contributed by atoms with E-state index in [2.05, 4.69) is 20.3 Å². The molecule has 0 atom stereocenters. The zero-order valence-corrected chi connectivity index (χ0v) is 17.7. The number of hydrogen-bond acceptors (Lipinski definition) is 8. The Morgan fingerprint density at radius 2 is 1.67 bits per heavy atom. The average molecular weight is 444 g/mol. The van der Waals surface area contributed by atoms with Gasteiger partial charge in [0, 0.05) is 6.08 Å². The third-order valence-corrected chi connectivity index (χ3v) is 6.66. The molecule has 0 unspecified atom stereocenters. The SMILES string of the molecule is COC(=O)/C=C1/S/C(=N\N=Cc2ccc(S(=O)(=O)c3ccc(C)cc3)cc2)NC1=O. The van der Waals surface area contributed by atoms with E-state index in [-0.39, 0.29) is 19.9 Å². The summed E-state index contributed by atoms with van der Waals surface area (Å²) in [4.78, 5) is 23.5. The molecule has 2 aromatic rings. The fourth-order valence-electron chi connectivity index (χ4n) is 2.38. The van der Waals surface area contributed by atoms with E-state index in [9.17, 15) is 18.0 Å². The van der Waals surface area contributed by atoms with Crippen LogP contribution >= 0.6 is 11.8 Å². The Labute approximate surface area is 177 Å². The minimum Gasteiger partial charge on any atom is -0.466 e. The van der Waals surface area contributed by atoms with Crippen LogP contribution in [-0.2, 0) is 24.2 Å². The Morgan fingerprint density at radius 1 is 1.07 bits per heavy atom. The Balaban J connectivity index is 1.70. The van der Waals surface area contributed by atoms with Gasteiger partial charge in [0.25, 0.3) is 5.91 Å². The van der Waals surface area contributed by atoms with Crippen LogP contribution in [0.25, 0.3) is 0 Å². The molecule has 1 aliphatic rings. The van der Waals surface area contributed by atoms with Crippen molar-refractivity contribution in [1.29, 1.82) is 0 Å². The lowest BCUT2D eigenvalue weighted by molar-refractivity contribution is -0.135. The molecule has 0 bridgehead atoms. The third kappa shape index (κ3) is 5.02. The van der Waals surface area contributed by atoms with Crippen LogP contribution in [0.2, 0.25) is 0 Å². The van der Waals surface area contributed by atoms with Gasteiger partial charge in [0.05, 0.1) is 28.0 Å². The van der Waals surface area contributed by atoms with Gasteiger partial charge < -0.3 is 4.74 Å². The first-order valence-corrected chi connectivity index (χ1v) is 10.9. The van der Waals surface area contributed by atoms with Crippen LogP contribution in [-0.4, -0.2) is 38.8 Å². The van der Waals surface area contributed by atoms with Crippen molar-refractivity contribution in [3.63, 3.8) is 0 Å². The van der Waals surface area contributed by atoms with Gasteiger partial charge >= 0.3 is 5.97 Å². The van der Waals surface area contributed by atoms with Crippen molar-refractivity contribution in [3.05, 3.63) is 70.6 Å². The molecule has 154 valence electrons. The maximum absolute atomic E-state index is 12.7. The molecule has 1 heterocycles. The highest BCUT2D eigenvalue weighted by Crippen LogP contribution is 2.24. The monoisotopic (exact) mass is 443 g/mol. The molecule has 1 amide bonds. The molecule has 1 N–H and O–H groups in total. The summed E-state index contributed by atoms with van der Waals surface area (Å²) in [5, 5.41) is 10.5. The first kappa shape index (κ1) is 21.5. The molecular weight excluding hydrogens is 426 g/mol. The molecule has 8 nitrogen and oxygen atoms in total. The lowest BCUT2D eigenvalue weighted by Crippen LogP contribution is -2.19. The number of methoxy groups -OCH3 is 1. The predicted molar refractivity (Wildman–Crippen MR) is 114 cm³/mol. The molecule has 2 aromatic carbocycles. The van der Waals surface area contributed by atoms with Crippen molar-refractivity contribution >= 4 is 44.9 Å². The second kappa shape index (κ2) is 9.06. The minimum atomic E-state index is -3.60. The van der Waals surface area contributed by atoms with Gasteiger partial charge in [-0.3, -0.25) is 10.1 Å². The number of ether oxygens (including phenoxy) is 1. The molecule has 0 saturated carbocycles. The van der Waals surface area contributed by atoms with Crippen molar-refractivity contribution in [3.8, 4) is 0 Å². The number of nitrogens with one attached hydrogen (secondary N) is 1. The van der Waals surface area contributed by atoms with Crippen LogP contribution in [0.3, 0.4) is 0 Å². The molecule has 0 radical (unpaired) electrons. The van der Waals surface area contributed by atoms with Crippen molar-refractivity contribution in [2.75, 3.05) is 7.11 Å². The van der Waals surface area contributed by atoms with Gasteiger partial charge in [0.1, 0.15) is 0 Å². The number of sulfone groups is 1. The standard InChI is InChI=1S/C20H17N3O5S2/c1-13-3-7-15(8-4-13)30(26,27)16-9-5-14(6-10-16)12-21-23-20-22-19(25)17(29-20)11-18(24)28-2/h3-12H,1-2H3,(H,22,23,25)/b17-11+,21-12?. The molecule has 0 spiro atoms. The number of carbonyl (C=O) groups is 2. The predicted octanol–water partition coefficient (Wildman–Crippen LogP) is 2.44. The molecule has 3 rings (SSSR count). The number of esters is 1. The van der Waals surface area contributed by atoms with Crippen molar-refractivity contribution in [2.45, 2.75) is 16.7 Å². The van der Waals surface area contributed by atoms with Gasteiger partial charge in [-0.1, -0.05) is 29.8 Å². The number of rotatable bonds is 5. The van der Waals surface area contributed by atoms with Crippen molar-refractivity contribution < 1.29 is 22.7 Å². The van der Waals surface area contributed by atoms with Crippen LogP contribution in [0, 0.1) is 6.92 Å². The molecule has 10 heteroatoms. The summed E-state index contributed by atoms with van der Waals surface area (Å²) >= 11 is 0.959. The van der Waals surface area contributed by atoms with Gasteiger partial charge in [-0.25, -0.2) is 13.2 Å². The van der Waals surface area contributed by atoms with Crippen LogP contribution in [0.15, 0.2) is 79.5 Å². The minimum absolute atomic E-state index is 0.154. The van der Waals surface area contributed by atoms with E-state index >= 15 is 0 Å². The number of nitrogens with zero attached hydrogens (tertiary/aromatic N) is 2. The molecule has 0 aromatic heterocycles. The van der Waals surface area contributed by atoms with Crippen molar-refractivity contribution in [1.82, 2.24) is 5.32 Å². The van der Waals surface area contributed by atoms with Crippen LogP contribution in [0.4, 0.5) is 0 Å². The van der Waals surface area contributed by atoms with Gasteiger partial charge in [0.15, 0.2) is 5.17 Å². The summed E-state index contributed by atoms with van der Waals surface area (Å²) < 4.78 is 29.8. The van der Waals surface area contributed by atoms with E-state index in [1.807, 2.05) is 6.92 Å². The summed E-state index contributed by atoms with van der Waals surface area (Å²) in [7, 11) is -2.38. The highest BCUT2D eigenvalue weighted by molar-refractivity contribution is 8.18. The molecule has 1 fully saturated rings. The normalized spacial score (nSPS) is 16.9. The van der Waals surface area contributed by atoms with Gasteiger partial charge in [-0.2, -0.15) is 5.10 Å². The highest BCUT2D eigenvalue weighted by Gasteiger charge is 2.25. The summed E-state index contributed by atoms with van der Waals surface area (Å²) in [6, 6.07) is 12.8. The topological polar surface area (TPSA) is 114 Å². The lowest BCUT2D eigenvalue weighted by atomic mass is 10.2. The summed E-state index contributed by atoms with van der Waals surface area (Å²) in [6.07, 6.45) is 2.49. The number of carbonyl (C=O) groups excluding carboxylic acids is 2. The zero-order valence-electron chi connectivity index (χ0n) is 16.0. The van der Waals surface area contributed by atoms with Gasteiger partial charge in [-0.15, -0.1) is 5.10 Å². The zero-order chi connectivity index (χ0) is 21.7. The second-order valence-corrected chi connectivity index (χ2v) is 9.10. The van der Waals surface area contributed by atoms with E-state index in [0.717, 1.165) is 23.4 Å². The number of thioether (sulfide) groups is 1. The Bertz CT molecular complexity index is 1170. The van der Waals surface area contributed by atoms with E-state index in [1.54, 1.807) is 36.4 Å². The maximum Gasteiger partial charge on any atom is 0.331 e. The molecular formula is C20H17N3O5S2. The summed E-state index contributed by atoms with van der Waals surface area (Å²) in [5.74, 6) is -1.11. The van der Waals surface area contributed by atoms with E-state index in [0.29, 0.717) is 5.56 Å². The number of amides is 1. The largest absolute Gasteiger partial charge is 0.466 e. The first-order chi connectivity index (χ1) is 14.3. The second-order valence-electron chi connectivity index (χ2n) is 6.12. The van der Waals surface area contributed by atoms with Crippen LogP contribution in [0.5, 0.6) is 0 Å². The molecule has 1 saturated heterocycles. The Morgan fingerprint density at radius 3 is 2.27 bits per heavy atom. The fourth-order valence-corrected chi connectivity index (χ4v) is 4.38. The average Bonchev–Trinajstić information content (AvgIpc) is 3.07. The molecule has 1 aliphatic heterocycles. The van der Waals surface area contributed by atoms with Crippen LogP contribution < -0.4 is 5.32 Å². The number of aryl methyl sites for hydroxylation is 1. The lowest BCUT2D eigenvalue weighted by Gasteiger charge is -2.05. The highest BCUT2D eigenvalue weighted by atomic mass is 32.2. The summed E-state index contributed by atoms with van der Waals surface area (Å²) in [6.45, 7) is 1.89. The molecule has 30 heavy (non-hydrogen) atoms. The first-order valence-electron chi connectivity index (χ1n) is 8.61.